The second-order valence-corrected chi connectivity index (χ2v) is 7.66. The SMILES string of the molecule is C=C(C)[C@]1(C)CCC(CO)=C[C@H]1c1c(O)cc(CCCCC)cc1O. The number of aromatic hydroxyl groups is 2. The van der Waals surface area contributed by atoms with Crippen molar-refractivity contribution >= 4 is 0 Å². The summed E-state index contributed by atoms with van der Waals surface area (Å²) in [6.45, 7) is 10.4. The van der Waals surface area contributed by atoms with Crippen LogP contribution in [0, 0.1) is 5.41 Å². The summed E-state index contributed by atoms with van der Waals surface area (Å²) in [5.74, 6) is 0.0874. The molecule has 1 aromatic rings. The molecule has 0 unspecified atom stereocenters. The van der Waals surface area contributed by atoms with Gasteiger partial charge in [0.05, 0.1) is 6.61 Å². The standard InChI is InChI=1S/C22H32O3/c1-5-6-7-8-16-12-19(24)21(20(25)13-16)18-11-17(14-23)9-10-22(18,4)15(2)3/h11-13,18,23-25H,2,5-10,14H2,1,3-4H3/t18-,22-/m0/s1. The van der Waals surface area contributed by atoms with Gasteiger partial charge in [-0.3, -0.25) is 0 Å². The third-order valence-electron chi connectivity index (χ3n) is 5.81. The number of phenols is 2. The molecule has 0 radical (unpaired) electrons. The summed E-state index contributed by atoms with van der Waals surface area (Å²) >= 11 is 0. The fraction of sp³-hybridized carbons (Fsp3) is 0.545. The van der Waals surface area contributed by atoms with Crippen molar-refractivity contribution in [2.45, 2.75) is 65.2 Å². The van der Waals surface area contributed by atoms with Gasteiger partial charge in [0.15, 0.2) is 0 Å². The number of allylic oxidation sites excluding steroid dienone is 2. The molecule has 0 aliphatic heterocycles. The van der Waals surface area contributed by atoms with Crippen molar-refractivity contribution < 1.29 is 15.3 Å². The lowest BCUT2D eigenvalue weighted by atomic mass is 9.63. The van der Waals surface area contributed by atoms with Crippen molar-refractivity contribution in [3.63, 3.8) is 0 Å². The minimum Gasteiger partial charge on any atom is -0.507 e. The van der Waals surface area contributed by atoms with Gasteiger partial charge in [-0.1, -0.05) is 44.9 Å². The van der Waals surface area contributed by atoms with Crippen LogP contribution >= 0.6 is 0 Å². The van der Waals surface area contributed by atoms with Gasteiger partial charge in [-0.25, -0.2) is 0 Å². The highest BCUT2D eigenvalue weighted by molar-refractivity contribution is 5.53. The first-order chi connectivity index (χ1) is 11.8. The Balaban J connectivity index is 2.44. The van der Waals surface area contributed by atoms with E-state index in [0.29, 0.717) is 5.56 Å². The van der Waals surface area contributed by atoms with Crippen molar-refractivity contribution in [1.29, 1.82) is 0 Å². The molecule has 0 saturated heterocycles. The van der Waals surface area contributed by atoms with E-state index >= 15 is 0 Å². The van der Waals surface area contributed by atoms with Gasteiger partial charge in [-0.05, 0) is 61.3 Å². The van der Waals surface area contributed by atoms with E-state index in [0.717, 1.165) is 55.2 Å². The minimum absolute atomic E-state index is 0.0133. The summed E-state index contributed by atoms with van der Waals surface area (Å²) in [5.41, 5.74) is 3.24. The monoisotopic (exact) mass is 344 g/mol. The van der Waals surface area contributed by atoms with E-state index in [9.17, 15) is 15.3 Å². The highest BCUT2D eigenvalue weighted by Gasteiger charge is 2.40. The number of unbranched alkanes of at least 4 members (excludes halogenated alkanes) is 2. The molecule has 2 rings (SSSR count). The second-order valence-electron chi connectivity index (χ2n) is 7.66. The van der Waals surface area contributed by atoms with Gasteiger partial charge in [0, 0.05) is 11.5 Å². The van der Waals surface area contributed by atoms with Crippen LogP contribution in [0.2, 0.25) is 0 Å². The Labute approximate surface area is 151 Å². The zero-order valence-corrected chi connectivity index (χ0v) is 15.8. The first-order valence-corrected chi connectivity index (χ1v) is 9.34. The number of rotatable bonds is 7. The Bertz CT molecular complexity index is 636. The molecule has 25 heavy (non-hydrogen) atoms. The van der Waals surface area contributed by atoms with Gasteiger partial charge < -0.3 is 15.3 Å². The van der Waals surface area contributed by atoms with Gasteiger partial charge in [-0.2, -0.15) is 0 Å². The van der Waals surface area contributed by atoms with E-state index in [4.69, 9.17) is 0 Å². The lowest BCUT2D eigenvalue weighted by Crippen LogP contribution is -2.29. The maximum atomic E-state index is 10.7. The van der Waals surface area contributed by atoms with Crippen molar-refractivity contribution in [3.05, 3.63) is 47.1 Å². The van der Waals surface area contributed by atoms with Gasteiger partial charge in [0.2, 0.25) is 0 Å². The fourth-order valence-electron chi connectivity index (χ4n) is 3.81. The zero-order valence-electron chi connectivity index (χ0n) is 15.8. The Morgan fingerprint density at radius 3 is 2.40 bits per heavy atom. The molecule has 0 aromatic heterocycles. The number of phenolic OH excluding ortho intramolecular Hbond substituents is 2. The average Bonchev–Trinajstić information content (AvgIpc) is 2.56. The van der Waals surface area contributed by atoms with Crippen LogP contribution in [-0.4, -0.2) is 21.9 Å². The number of hydrogen-bond donors (Lipinski definition) is 3. The van der Waals surface area contributed by atoms with Crippen LogP contribution in [0.3, 0.4) is 0 Å². The first kappa shape index (κ1) is 19.6. The molecule has 3 N–H and O–H groups in total. The van der Waals surface area contributed by atoms with Crippen LogP contribution in [0.1, 0.15) is 69.9 Å². The molecule has 2 atom stereocenters. The lowest BCUT2D eigenvalue weighted by Gasteiger charge is -2.41. The second kappa shape index (κ2) is 8.09. The Hall–Kier alpha value is -1.74. The largest absolute Gasteiger partial charge is 0.507 e. The first-order valence-electron chi connectivity index (χ1n) is 9.34. The summed E-state index contributed by atoms with van der Waals surface area (Å²) in [7, 11) is 0. The van der Waals surface area contributed by atoms with Crippen molar-refractivity contribution in [3.8, 4) is 11.5 Å². The third kappa shape index (κ3) is 4.09. The Morgan fingerprint density at radius 1 is 1.24 bits per heavy atom. The fourth-order valence-corrected chi connectivity index (χ4v) is 3.81. The summed E-state index contributed by atoms with van der Waals surface area (Å²) in [4.78, 5) is 0. The number of hydrogen-bond acceptors (Lipinski definition) is 3. The zero-order chi connectivity index (χ0) is 18.6. The van der Waals surface area contributed by atoms with Crippen molar-refractivity contribution in [2.75, 3.05) is 6.61 Å². The van der Waals surface area contributed by atoms with Crippen LogP contribution in [0.25, 0.3) is 0 Å². The maximum absolute atomic E-state index is 10.7. The predicted molar refractivity (Wildman–Crippen MR) is 103 cm³/mol. The van der Waals surface area contributed by atoms with Crippen LogP contribution in [0.5, 0.6) is 11.5 Å². The number of benzene rings is 1. The molecule has 0 saturated carbocycles. The molecule has 3 heteroatoms. The predicted octanol–water partition coefficient (Wildman–Crippen LogP) is 5.21. The Morgan fingerprint density at radius 2 is 1.88 bits per heavy atom. The van der Waals surface area contributed by atoms with Crippen molar-refractivity contribution in [1.82, 2.24) is 0 Å². The highest BCUT2D eigenvalue weighted by Crippen LogP contribution is 2.53. The molecular weight excluding hydrogens is 312 g/mol. The number of aliphatic hydroxyl groups excluding tert-OH is 1. The maximum Gasteiger partial charge on any atom is 0.123 e. The van der Waals surface area contributed by atoms with Gasteiger partial charge in [0.25, 0.3) is 0 Å². The molecule has 1 aromatic carbocycles. The molecule has 0 heterocycles. The van der Waals surface area contributed by atoms with E-state index < -0.39 is 0 Å². The smallest absolute Gasteiger partial charge is 0.123 e. The minimum atomic E-state index is -0.253. The molecule has 138 valence electrons. The summed E-state index contributed by atoms with van der Waals surface area (Å²) < 4.78 is 0. The van der Waals surface area contributed by atoms with Crippen LogP contribution < -0.4 is 0 Å². The van der Waals surface area contributed by atoms with E-state index in [2.05, 4.69) is 20.4 Å². The van der Waals surface area contributed by atoms with E-state index in [1.165, 1.54) is 0 Å². The number of aliphatic hydroxyl groups is 1. The number of aryl methyl sites for hydroxylation is 1. The van der Waals surface area contributed by atoms with Crippen LogP contribution in [0.15, 0.2) is 35.9 Å². The van der Waals surface area contributed by atoms with Gasteiger partial charge >= 0.3 is 0 Å². The molecular formula is C22H32O3. The molecule has 0 fully saturated rings. The Kier molecular flexibility index (Phi) is 6.34. The molecule has 0 spiro atoms. The molecule has 0 amide bonds. The van der Waals surface area contributed by atoms with Crippen LogP contribution in [-0.2, 0) is 6.42 Å². The van der Waals surface area contributed by atoms with Crippen molar-refractivity contribution in [2.24, 2.45) is 5.41 Å². The van der Waals surface area contributed by atoms with Gasteiger partial charge in [-0.15, -0.1) is 0 Å². The molecule has 1 aliphatic rings. The topological polar surface area (TPSA) is 60.7 Å². The van der Waals surface area contributed by atoms with E-state index in [1.54, 1.807) is 12.1 Å². The lowest BCUT2D eigenvalue weighted by molar-refractivity contribution is 0.270. The van der Waals surface area contributed by atoms with E-state index in [1.807, 2.05) is 13.0 Å². The van der Waals surface area contributed by atoms with Gasteiger partial charge in [0.1, 0.15) is 11.5 Å². The third-order valence-corrected chi connectivity index (χ3v) is 5.81. The summed E-state index contributed by atoms with van der Waals surface area (Å²) in [5, 5.41) is 30.9. The summed E-state index contributed by atoms with van der Waals surface area (Å²) in [6.07, 6.45) is 7.85. The summed E-state index contributed by atoms with van der Waals surface area (Å²) in [6, 6.07) is 3.56. The molecule has 3 nitrogen and oxygen atoms in total. The molecule has 0 bridgehead atoms. The highest BCUT2D eigenvalue weighted by atomic mass is 16.3. The van der Waals surface area contributed by atoms with E-state index in [-0.39, 0.29) is 29.4 Å². The molecule has 1 aliphatic carbocycles. The quantitative estimate of drug-likeness (QED) is 0.470. The van der Waals surface area contributed by atoms with Crippen LogP contribution in [0.4, 0.5) is 0 Å². The average molecular weight is 344 g/mol. The normalized spacial score (nSPS) is 23.4.